The molecule has 0 amide bonds. The van der Waals surface area contributed by atoms with Crippen molar-refractivity contribution >= 4 is 27.5 Å². The number of hydrogen-bond donors (Lipinski definition) is 1. The van der Waals surface area contributed by atoms with E-state index >= 15 is 0 Å². The van der Waals surface area contributed by atoms with Crippen LogP contribution in [0.3, 0.4) is 0 Å². The molecule has 78 valence electrons. The lowest BCUT2D eigenvalue weighted by Gasteiger charge is -2.03. The fourth-order valence-corrected chi connectivity index (χ4v) is 1.81. The maximum Gasteiger partial charge on any atom is 0.138 e. The molecule has 3 nitrogen and oxygen atoms in total. The Bertz CT molecular complexity index is 484. The Morgan fingerprint density at radius 1 is 1.47 bits per heavy atom. The number of nitrogens with one attached hydrogen (secondary N) is 1. The van der Waals surface area contributed by atoms with Gasteiger partial charge in [0.05, 0.1) is 18.3 Å². The normalized spacial score (nSPS) is 10.3. The maximum absolute atomic E-state index is 6.01. The van der Waals surface area contributed by atoms with Crippen LogP contribution < -0.4 is 4.74 Å². The monoisotopic (exact) mass is 286 g/mol. The van der Waals surface area contributed by atoms with Crippen molar-refractivity contribution in [2.45, 2.75) is 0 Å². The third-order valence-corrected chi connectivity index (χ3v) is 2.67. The van der Waals surface area contributed by atoms with E-state index in [0.717, 1.165) is 16.0 Å². The summed E-state index contributed by atoms with van der Waals surface area (Å²) >= 11 is 9.31. The van der Waals surface area contributed by atoms with Crippen LogP contribution in [0.2, 0.25) is 5.02 Å². The van der Waals surface area contributed by atoms with E-state index in [4.69, 9.17) is 16.3 Å². The van der Waals surface area contributed by atoms with Crippen LogP contribution in [0, 0.1) is 0 Å². The second-order valence-corrected chi connectivity index (χ2v) is 4.19. The number of aromatic amines is 1. The minimum Gasteiger partial charge on any atom is -0.495 e. The molecule has 2 rings (SSSR count). The van der Waals surface area contributed by atoms with Crippen molar-refractivity contribution in [3.05, 3.63) is 34.0 Å². The van der Waals surface area contributed by atoms with Gasteiger partial charge in [0.1, 0.15) is 16.2 Å². The molecule has 2 aromatic rings. The van der Waals surface area contributed by atoms with Crippen LogP contribution in [0.4, 0.5) is 0 Å². The molecule has 0 atom stereocenters. The fourth-order valence-electron chi connectivity index (χ4n) is 1.26. The summed E-state index contributed by atoms with van der Waals surface area (Å²) in [6, 6.07) is 5.52. The Morgan fingerprint density at radius 3 is 2.80 bits per heavy atom. The van der Waals surface area contributed by atoms with E-state index in [1.165, 1.54) is 0 Å². The molecule has 0 saturated heterocycles. The first-order chi connectivity index (χ1) is 7.20. The summed E-state index contributed by atoms with van der Waals surface area (Å²) in [6.45, 7) is 0. The van der Waals surface area contributed by atoms with E-state index < -0.39 is 0 Å². The largest absolute Gasteiger partial charge is 0.495 e. The summed E-state index contributed by atoms with van der Waals surface area (Å²) in [5.74, 6) is 1.43. The predicted octanol–water partition coefficient (Wildman–Crippen LogP) is 3.50. The van der Waals surface area contributed by atoms with Gasteiger partial charge < -0.3 is 9.72 Å². The van der Waals surface area contributed by atoms with Crippen LogP contribution >= 0.6 is 27.5 Å². The first-order valence-corrected chi connectivity index (χ1v) is 5.42. The number of rotatable bonds is 2. The zero-order chi connectivity index (χ0) is 10.8. The predicted molar refractivity (Wildman–Crippen MR) is 63.3 cm³/mol. The van der Waals surface area contributed by atoms with Crippen molar-refractivity contribution in [3.8, 4) is 17.1 Å². The van der Waals surface area contributed by atoms with Crippen molar-refractivity contribution < 1.29 is 4.74 Å². The number of ether oxygens (including phenoxy) is 1. The minimum atomic E-state index is 0.572. The van der Waals surface area contributed by atoms with Gasteiger partial charge in [-0.25, -0.2) is 4.98 Å². The molecule has 0 spiro atoms. The van der Waals surface area contributed by atoms with E-state index in [9.17, 15) is 0 Å². The first-order valence-electron chi connectivity index (χ1n) is 4.25. The fraction of sp³-hybridized carbons (Fsp3) is 0.100. The summed E-state index contributed by atoms with van der Waals surface area (Å²) < 4.78 is 5.91. The topological polar surface area (TPSA) is 37.9 Å². The number of methoxy groups -OCH3 is 1. The molecule has 15 heavy (non-hydrogen) atoms. The van der Waals surface area contributed by atoms with Crippen molar-refractivity contribution in [3.63, 3.8) is 0 Å². The molecule has 0 bridgehead atoms. The molecule has 1 aromatic heterocycles. The summed E-state index contributed by atoms with van der Waals surface area (Å²) in [7, 11) is 1.59. The van der Waals surface area contributed by atoms with Gasteiger partial charge in [0, 0.05) is 5.56 Å². The Morgan fingerprint density at radius 2 is 2.27 bits per heavy atom. The molecule has 0 saturated carbocycles. The average molecular weight is 288 g/mol. The minimum absolute atomic E-state index is 0.572. The van der Waals surface area contributed by atoms with Crippen LogP contribution in [-0.2, 0) is 0 Å². The molecular formula is C10H8BrClN2O. The van der Waals surface area contributed by atoms with E-state index in [0.29, 0.717) is 10.8 Å². The molecule has 5 heteroatoms. The highest BCUT2D eigenvalue weighted by Gasteiger charge is 2.06. The van der Waals surface area contributed by atoms with Gasteiger partial charge >= 0.3 is 0 Å². The molecule has 0 aliphatic heterocycles. The number of halogens is 2. The lowest BCUT2D eigenvalue weighted by Crippen LogP contribution is -1.86. The van der Waals surface area contributed by atoms with Crippen molar-refractivity contribution in [2.24, 2.45) is 0 Å². The van der Waals surface area contributed by atoms with E-state index in [2.05, 4.69) is 25.9 Å². The molecule has 0 unspecified atom stereocenters. The summed E-state index contributed by atoms with van der Waals surface area (Å²) in [5, 5.41) is 0.572. The molecule has 0 aliphatic carbocycles. The SMILES string of the molecule is COc1ccc(-c2ncc(Br)[nH]2)cc1Cl. The summed E-state index contributed by atoms with van der Waals surface area (Å²) in [6.07, 6.45) is 1.70. The van der Waals surface area contributed by atoms with E-state index in [1.54, 1.807) is 13.3 Å². The Hall–Kier alpha value is -1.00. The number of aromatic nitrogens is 2. The Labute approximate surface area is 101 Å². The van der Waals surface area contributed by atoms with Crippen LogP contribution in [0.1, 0.15) is 0 Å². The van der Waals surface area contributed by atoms with Gasteiger partial charge in [0.25, 0.3) is 0 Å². The number of hydrogen-bond acceptors (Lipinski definition) is 2. The van der Waals surface area contributed by atoms with Crippen molar-refractivity contribution in [2.75, 3.05) is 7.11 Å². The van der Waals surface area contributed by atoms with Crippen molar-refractivity contribution in [1.82, 2.24) is 9.97 Å². The quantitative estimate of drug-likeness (QED) is 0.918. The molecule has 0 radical (unpaired) electrons. The van der Waals surface area contributed by atoms with Gasteiger partial charge in [-0.05, 0) is 34.1 Å². The second-order valence-electron chi connectivity index (χ2n) is 2.93. The summed E-state index contributed by atoms with van der Waals surface area (Å²) in [5.41, 5.74) is 0.923. The first kappa shape index (κ1) is 10.5. The van der Waals surface area contributed by atoms with Crippen molar-refractivity contribution in [1.29, 1.82) is 0 Å². The standard InChI is InChI=1S/C10H8BrClN2O/c1-15-8-3-2-6(4-7(8)12)10-13-5-9(11)14-10/h2-5H,1H3,(H,13,14). The zero-order valence-corrected chi connectivity index (χ0v) is 10.3. The van der Waals surface area contributed by atoms with Gasteiger partial charge in [-0.15, -0.1) is 0 Å². The number of H-pyrrole nitrogens is 1. The highest BCUT2D eigenvalue weighted by Crippen LogP contribution is 2.29. The number of imidazole rings is 1. The average Bonchev–Trinajstić information content (AvgIpc) is 2.65. The van der Waals surface area contributed by atoms with Gasteiger partial charge in [-0.3, -0.25) is 0 Å². The van der Waals surface area contributed by atoms with E-state index in [1.807, 2.05) is 18.2 Å². The molecular weight excluding hydrogens is 279 g/mol. The number of benzene rings is 1. The Balaban J connectivity index is 2.42. The highest BCUT2D eigenvalue weighted by atomic mass is 79.9. The molecule has 1 heterocycles. The van der Waals surface area contributed by atoms with Gasteiger partial charge in [0.2, 0.25) is 0 Å². The van der Waals surface area contributed by atoms with Crippen LogP contribution in [-0.4, -0.2) is 17.1 Å². The molecule has 1 aromatic carbocycles. The summed E-state index contributed by atoms with van der Waals surface area (Å²) in [4.78, 5) is 7.24. The van der Waals surface area contributed by atoms with E-state index in [-0.39, 0.29) is 0 Å². The lowest BCUT2D eigenvalue weighted by molar-refractivity contribution is 0.415. The number of nitrogens with zero attached hydrogens (tertiary/aromatic N) is 1. The third kappa shape index (κ3) is 2.16. The van der Waals surface area contributed by atoms with Gasteiger partial charge in [-0.1, -0.05) is 11.6 Å². The third-order valence-electron chi connectivity index (χ3n) is 1.97. The van der Waals surface area contributed by atoms with Crippen LogP contribution in [0.25, 0.3) is 11.4 Å². The van der Waals surface area contributed by atoms with Gasteiger partial charge in [-0.2, -0.15) is 0 Å². The lowest BCUT2D eigenvalue weighted by atomic mass is 10.2. The molecule has 1 N–H and O–H groups in total. The Kier molecular flexibility index (Phi) is 2.98. The maximum atomic E-state index is 6.01. The van der Waals surface area contributed by atoms with Gasteiger partial charge in [0.15, 0.2) is 0 Å². The molecule has 0 aliphatic rings. The highest BCUT2D eigenvalue weighted by molar-refractivity contribution is 9.10. The van der Waals surface area contributed by atoms with Crippen LogP contribution in [0.15, 0.2) is 29.0 Å². The smallest absolute Gasteiger partial charge is 0.138 e. The van der Waals surface area contributed by atoms with Crippen LogP contribution in [0.5, 0.6) is 5.75 Å². The molecule has 0 fully saturated rings. The zero-order valence-electron chi connectivity index (χ0n) is 7.92. The second kappa shape index (κ2) is 4.24.